The van der Waals surface area contributed by atoms with Crippen molar-refractivity contribution in [2.75, 3.05) is 0 Å². The first kappa shape index (κ1) is 9.90. The van der Waals surface area contributed by atoms with Gasteiger partial charge < -0.3 is 0 Å². The maximum Gasteiger partial charge on any atom is 0.137 e. The maximum absolute atomic E-state index is 13.2. The molecule has 1 aromatic rings. The van der Waals surface area contributed by atoms with E-state index in [0.29, 0.717) is 12.0 Å². The molecular weight excluding hydrogens is 167 g/mol. The lowest BCUT2D eigenvalue weighted by molar-refractivity contribution is -0.118. The van der Waals surface area contributed by atoms with Crippen LogP contribution < -0.4 is 0 Å². The highest BCUT2D eigenvalue weighted by Gasteiger charge is 2.05. The van der Waals surface area contributed by atoms with Crippen molar-refractivity contribution in [1.29, 1.82) is 0 Å². The largest absolute Gasteiger partial charge is 0.299 e. The summed E-state index contributed by atoms with van der Waals surface area (Å²) in [5, 5.41) is 0. The Bertz CT molecular complexity index is 318. The molecule has 0 aliphatic carbocycles. The fraction of sp³-hybridized carbons (Fsp3) is 0.364. The molecule has 0 N–H and O–H groups in total. The minimum absolute atomic E-state index is 0.0720. The van der Waals surface area contributed by atoms with Gasteiger partial charge in [0, 0.05) is 12.8 Å². The highest BCUT2D eigenvalue weighted by molar-refractivity contribution is 5.80. The molecular formula is C11H13FO. The molecule has 2 heteroatoms. The molecule has 0 aliphatic heterocycles. The highest BCUT2D eigenvalue weighted by atomic mass is 19.1. The van der Waals surface area contributed by atoms with E-state index in [-0.39, 0.29) is 18.0 Å². The van der Waals surface area contributed by atoms with Crippen molar-refractivity contribution in [2.24, 2.45) is 0 Å². The number of rotatable bonds is 3. The second-order valence-corrected chi connectivity index (χ2v) is 3.16. The summed E-state index contributed by atoms with van der Waals surface area (Å²) in [5.74, 6) is -0.204. The average molecular weight is 180 g/mol. The summed E-state index contributed by atoms with van der Waals surface area (Å²) < 4.78 is 13.2. The SMILES string of the molecule is CCC(=O)Cc1ccc(C)cc1F. The lowest BCUT2D eigenvalue weighted by atomic mass is 10.1. The van der Waals surface area contributed by atoms with Crippen molar-refractivity contribution in [3.8, 4) is 0 Å². The van der Waals surface area contributed by atoms with Crippen molar-refractivity contribution >= 4 is 5.78 Å². The van der Waals surface area contributed by atoms with Gasteiger partial charge in [0.25, 0.3) is 0 Å². The van der Waals surface area contributed by atoms with Gasteiger partial charge in [0.05, 0.1) is 0 Å². The Labute approximate surface area is 77.6 Å². The minimum Gasteiger partial charge on any atom is -0.299 e. The van der Waals surface area contributed by atoms with Gasteiger partial charge in [-0.2, -0.15) is 0 Å². The van der Waals surface area contributed by atoms with E-state index in [1.807, 2.05) is 13.0 Å². The molecule has 0 aliphatic rings. The summed E-state index contributed by atoms with van der Waals surface area (Å²) in [6.07, 6.45) is 0.677. The molecule has 0 fully saturated rings. The quantitative estimate of drug-likeness (QED) is 0.698. The molecule has 0 spiro atoms. The van der Waals surface area contributed by atoms with Gasteiger partial charge in [0.15, 0.2) is 0 Å². The number of aryl methyl sites for hydroxylation is 1. The molecule has 1 aromatic carbocycles. The van der Waals surface area contributed by atoms with Crippen LogP contribution in [-0.2, 0) is 11.2 Å². The van der Waals surface area contributed by atoms with Crippen LogP contribution in [0.3, 0.4) is 0 Å². The molecule has 1 rings (SSSR count). The molecule has 0 bridgehead atoms. The second kappa shape index (κ2) is 4.17. The summed E-state index contributed by atoms with van der Waals surface area (Å²) >= 11 is 0. The Kier molecular flexibility index (Phi) is 3.18. The van der Waals surface area contributed by atoms with Crippen LogP contribution in [0.2, 0.25) is 0 Å². The first-order valence-corrected chi connectivity index (χ1v) is 4.40. The smallest absolute Gasteiger partial charge is 0.137 e. The van der Waals surface area contributed by atoms with Gasteiger partial charge in [-0.25, -0.2) is 4.39 Å². The molecule has 70 valence electrons. The molecule has 0 saturated heterocycles. The minimum atomic E-state index is -0.276. The first-order chi connectivity index (χ1) is 6.13. The summed E-state index contributed by atoms with van der Waals surface area (Å²) in [6, 6.07) is 4.96. The van der Waals surface area contributed by atoms with E-state index in [1.54, 1.807) is 13.0 Å². The second-order valence-electron chi connectivity index (χ2n) is 3.16. The van der Waals surface area contributed by atoms with Crippen LogP contribution in [0.5, 0.6) is 0 Å². The summed E-state index contributed by atoms with van der Waals surface area (Å²) in [5.41, 5.74) is 1.38. The number of carbonyl (C=O) groups excluding carboxylic acids is 1. The van der Waals surface area contributed by atoms with E-state index in [0.717, 1.165) is 5.56 Å². The third kappa shape index (κ3) is 2.65. The number of benzene rings is 1. The molecule has 0 radical (unpaired) electrons. The molecule has 0 atom stereocenters. The Balaban J connectivity index is 2.83. The number of hydrogen-bond acceptors (Lipinski definition) is 1. The summed E-state index contributed by atoms with van der Waals surface area (Å²) in [4.78, 5) is 11.1. The highest BCUT2D eigenvalue weighted by Crippen LogP contribution is 2.11. The Hall–Kier alpha value is -1.18. The van der Waals surface area contributed by atoms with Crippen molar-refractivity contribution in [3.63, 3.8) is 0 Å². The van der Waals surface area contributed by atoms with Crippen molar-refractivity contribution in [2.45, 2.75) is 26.7 Å². The third-order valence-electron chi connectivity index (χ3n) is 1.99. The fourth-order valence-corrected chi connectivity index (χ4v) is 1.13. The number of carbonyl (C=O) groups is 1. The van der Waals surface area contributed by atoms with Crippen LogP contribution in [0.25, 0.3) is 0 Å². The van der Waals surface area contributed by atoms with Crippen LogP contribution in [0.15, 0.2) is 18.2 Å². The van der Waals surface area contributed by atoms with E-state index in [4.69, 9.17) is 0 Å². The number of hydrogen-bond donors (Lipinski definition) is 0. The molecule has 0 amide bonds. The molecule has 0 aromatic heterocycles. The van der Waals surface area contributed by atoms with E-state index in [9.17, 15) is 9.18 Å². The zero-order valence-corrected chi connectivity index (χ0v) is 7.93. The average Bonchev–Trinajstić information content (AvgIpc) is 2.09. The van der Waals surface area contributed by atoms with E-state index in [1.165, 1.54) is 6.07 Å². The van der Waals surface area contributed by atoms with Crippen molar-refractivity contribution < 1.29 is 9.18 Å². The van der Waals surface area contributed by atoms with Gasteiger partial charge >= 0.3 is 0 Å². The van der Waals surface area contributed by atoms with Crippen LogP contribution in [0, 0.1) is 12.7 Å². The Morgan fingerprint density at radius 3 is 2.69 bits per heavy atom. The first-order valence-electron chi connectivity index (χ1n) is 4.40. The fourth-order valence-electron chi connectivity index (χ4n) is 1.13. The number of ketones is 1. The molecule has 1 nitrogen and oxygen atoms in total. The van der Waals surface area contributed by atoms with Gasteiger partial charge in [-0.3, -0.25) is 4.79 Å². The topological polar surface area (TPSA) is 17.1 Å². The third-order valence-corrected chi connectivity index (χ3v) is 1.99. The zero-order valence-electron chi connectivity index (χ0n) is 7.93. The van der Waals surface area contributed by atoms with Gasteiger partial charge in [0.1, 0.15) is 11.6 Å². The molecule has 13 heavy (non-hydrogen) atoms. The van der Waals surface area contributed by atoms with Crippen LogP contribution in [0.4, 0.5) is 4.39 Å². The lowest BCUT2D eigenvalue weighted by Crippen LogP contribution is -2.02. The van der Waals surface area contributed by atoms with E-state index >= 15 is 0 Å². The van der Waals surface area contributed by atoms with Crippen LogP contribution in [0.1, 0.15) is 24.5 Å². The maximum atomic E-state index is 13.2. The predicted octanol–water partition coefficient (Wildman–Crippen LogP) is 2.66. The summed E-state index contributed by atoms with van der Waals surface area (Å²) in [7, 11) is 0. The van der Waals surface area contributed by atoms with E-state index < -0.39 is 0 Å². The van der Waals surface area contributed by atoms with Crippen molar-refractivity contribution in [1.82, 2.24) is 0 Å². The zero-order chi connectivity index (χ0) is 9.84. The van der Waals surface area contributed by atoms with Crippen molar-refractivity contribution in [3.05, 3.63) is 35.1 Å². The standard InChI is InChI=1S/C11H13FO/c1-3-10(13)7-9-5-4-8(2)6-11(9)12/h4-6H,3,7H2,1-2H3. The Morgan fingerprint density at radius 2 is 2.15 bits per heavy atom. The normalized spacial score (nSPS) is 10.1. The van der Waals surface area contributed by atoms with E-state index in [2.05, 4.69) is 0 Å². The Morgan fingerprint density at radius 1 is 1.46 bits per heavy atom. The van der Waals surface area contributed by atoms with Crippen LogP contribution in [-0.4, -0.2) is 5.78 Å². The monoisotopic (exact) mass is 180 g/mol. The lowest BCUT2D eigenvalue weighted by Gasteiger charge is -2.01. The molecule has 0 unspecified atom stereocenters. The molecule has 0 heterocycles. The van der Waals surface area contributed by atoms with Gasteiger partial charge in [-0.1, -0.05) is 19.1 Å². The van der Waals surface area contributed by atoms with Gasteiger partial charge in [-0.05, 0) is 24.1 Å². The van der Waals surface area contributed by atoms with Gasteiger partial charge in [0.2, 0.25) is 0 Å². The summed E-state index contributed by atoms with van der Waals surface area (Å²) in [6.45, 7) is 3.61. The number of halogens is 1. The number of Topliss-reactive ketones (excluding diaryl/α,β-unsaturated/α-hetero) is 1. The predicted molar refractivity (Wildman–Crippen MR) is 50.1 cm³/mol. The van der Waals surface area contributed by atoms with Crippen LogP contribution >= 0.6 is 0 Å². The van der Waals surface area contributed by atoms with Gasteiger partial charge in [-0.15, -0.1) is 0 Å². The molecule has 0 saturated carbocycles.